The Morgan fingerprint density at radius 2 is 2.00 bits per heavy atom. The maximum absolute atomic E-state index is 12.9. The largest absolute Gasteiger partial charge is 0.483 e. The van der Waals surface area contributed by atoms with Crippen molar-refractivity contribution in [1.29, 1.82) is 0 Å². The summed E-state index contributed by atoms with van der Waals surface area (Å²) in [5.41, 5.74) is 0.552. The smallest absolute Gasteiger partial charge is 0.352 e. The van der Waals surface area contributed by atoms with Gasteiger partial charge in [0.15, 0.2) is 15.8 Å². The van der Waals surface area contributed by atoms with Crippen LogP contribution in [0.1, 0.15) is 21.3 Å². The van der Waals surface area contributed by atoms with Gasteiger partial charge in [-0.05, 0) is 36.8 Å². The predicted octanol–water partition coefficient (Wildman–Crippen LogP) is 5.12. The molecule has 2 atom stereocenters. The fourth-order valence-electron chi connectivity index (χ4n) is 3.88. The van der Waals surface area contributed by atoms with Crippen molar-refractivity contribution in [2.24, 2.45) is 0 Å². The van der Waals surface area contributed by atoms with Crippen molar-refractivity contribution in [3.8, 4) is 5.75 Å². The number of aryl methyl sites for hydroxylation is 1. The van der Waals surface area contributed by atoms with Crippen molar-refractivity contribution < 1.29 is 28.6 Å². The summed E-state index contributed by atoms with van der Waals surface area (Å²) in [6, 6.07) is 5.07. The number of furan rings is 1. The summed E-state index contributed by atoms with van der Waals surface area (Å²) in [4.78, 5) is 39.0. The van der Waals surface area contributed by atoms with E-state index in [1.807, 2.05) is 6.92 Å². The molecular formula is C23H17Cl3N4O6S3. The number of aromatic nitrogens is 2. The van der Waals surface area contributed by atoms with Gasteiger partial charge in [0.1, 0.15) is 34.5 Å². The molecule has 0 bridgehead atoms. The first-order valence-electron chi connectivity index (χ1n) is 11.1. The van der Waals surface area contributed by atoms with E-state index < -0.39 is 29.2 Å². The highest BCUT2D eigenvalue weighted by Crippen LogP contribution is 2.42. The Kier molecular flexibility index (Phi) is 8.36. The SMILES string of the molecule is Cc1nnc(SCC2=C(C(=O)O)N3C(=O)C(NC(=O)c4ccc(COc5c(Cl)cc(Cl)cc5Cl)o4)C3SC2)s1. The van der Waals surface area contributed by atoms with E-state index in [4.69, 9.17) is 44.0 Å². The summed E-state index contributed by atoms with van der Waals surface area (Å²) < 4.78 is 11.9. The minimum Gasteiger partial charge on any atom is -0.483 e. The summed E-state index contributed by atoms with van der Waals surface area (Å²) in [5, 5.41) is 21.6. The first-order chi connectivity index (χ1) is 18.6. The molecule has 2 aliphatic rings. The van der Waals surface area contributed by atoms with E-state index in [1.54, 1.807) is 6.07 Å². The number of carbonyl (C=O) groups is 3. The van der Waals surface area contributed by atoms with E-state index in [-0.39, 0.29) is 33.9 Å². The number of halogens is 3. The molecular weight excluding hydrogens is 631 g/mol. The summed E-state index contributed by atoms with van der Waals surface area (Å²) in [5.74, 6) is -1.05. The van der Waals surface area contributed by atoms with Gasteiger partial charge in [-0.1, -0.05) is 57.9 Å². The Balaban J connectivity index is 1.21. The first-order valence-corrected chi connectivity index (χ1v) is 15.1. The van der Waals surface area contributed by atoms with Crippen LogP contribution >= 0.6 is 69.7 Å². The van der Waals surface area contributed by atoms with Crippen LogP contribution in [0.3, 0.4) is 0 Å². The van der Waals surface area contributed by atoms with E-state index in [9.17, 15) is 19.5 Å². The van der Waals surface area contributed by atoms with Crippen LogP contribution in [0, 0.1) is 6.92 Å². The number of carbonyl (C=O) groups excluding carboxylic acids is 2. The third-order valence-corrected chi connectivity index (χ3v) is 9.80. The van der Waals surface area contributed by atoms with E-state index in [0.717, 1.165) is 9.35 Å². The van der Waals surface area contributed by atoms with Crippen molar-refractivity contribution >= 4 is 87.4 Å². The number of amides is 2. The number of carboxylic acid groups (broad SMARTS) is 1. The van der Waals surface area contributed by atoms with Gasteiger partial charge < -0.3 is 19.6 Å². The maximum atomic E-state index is 12.9. The Morgan fingerprint density at radius 3 is 2.67 bits per heavy atom. The van der Waals surface area contributed by atoms with Crippen molar-refractivity contribution in [1.82, 2.24) is 20.4 Å². The average molecular weight is 648 g/mol. The standard InChI is InChI=1S/C23H17Cl3N4O6S3/c1-9-28-29-23(39-9)38-8-10-7-37-21-16(20(32)30(21)17(10)22(33)34)27-19(31)15-3-2-12(36-15)6-35-18-13(25)4-11(24)5-14(18)26/h2-5,16,21H,6-8H2,1H3,(H,27,31)(H,33,34). The first kappa shape index (κ1) is 28.1. The van der Waals surface area contributed by atoms with Crippen LogP contribution in [0.4, 0.5) is 0 Å². The minimum atomic E-state index is -1.20. The lowest BCUT2D eigenvalue weighted by molar-refractivity contribution is -0.148. The van der Waals surface area contributed by atoms with Gasteiger partial charge in [-0.25, -0.2) is 4.79 Å². The van der Waals surface area contributed by atoms with Crippen molar-refractivity contribution in [2.45, 2.75) is 29.3 Å². The zero-order chi connectivity index (χ0) is 27.8. The second-order valence-corrected chi connectivity index (χ2v) is 13.0. The molecule has 2 amide bonds. The molecule has 4 heterocycles. The van der Waals surface area contributed by atoms with Crippen LogP contribution in [-0.2, 0) is 16.2 Å². The molecule has 39 heavy (non-hydrogen) atoms. The molecule has 2 aliphatic heterocycles. The monoisotopic (exact) mass is 646 g/mol. The number of thioether (sulfide) groups is 2. The van der Waals surface area contributed by atoms with Crippen LogP contribution in [0.5, 0.6) is 5.75 Å². The molecule has 2 N–H and O–H groups in total. The lowest BCUT2D eigenvalue weighted by Gasteiger charge is -2.49. The molecule has 16 heteroatoms. The lowest BCUT2D eigenvalue weighted by Crippen LogP contribution is -2.70. The topological polar surface area (TPSA) is 135 Å². The molecule has 0 saturated carbocycles. The Hall–Kier alpha value is -2.42. The average Bonchev–Trinajstić information content (AvgIpc) is 3.53. The number of rotatable bonds is 9. The van der Waals surface area contributed by atoms with Gasteiger partial charge in [-0.2, -0.15) is 0 Å². The number of fused-ring (bicyclic) bond motifs is 1. The highest BCUT2D eigenvalue weighted by Gasteiger charge is 2.54. The van der Waals surface area contributed by atoms with Crippen LogP contribution in [0.2, 0.25) is 15.1 Å². The van der Waals surface area contributed by atoms with E-state index >= 15 is 0 Å². The molecule has 0 spiro atoms. The van der Waals surface area contributed by atoms with E-state index in [1.165, 1.54) is 58.0 Å². The number of β-lactam (4-membered cyclic amide) rings is 1. The maximum Gasteiger partial charge on any atom is 0.352 e. The second kappa shape index (κ2) is 11.6. The molecule has 204 valence electrons. The number of benzene rings is 1. The van der Waals surface area contributed by atoms with E-state index in [0.29, 0.717) is 27.9 Å². The van der Waals surface area contributed by atoms with Crippen LogP contribution in [0.15, 0.2) is 44.3 Å². The highest BCUT2D eigenvalue weighted by molar-refractivity contribution is 8.01. The van der Waals surface area contributed by atoms with Gasteiger partial charge in [0.05, 0.1) is 10.0 Å². The van der Waals surface area contributed by atoms with Gasteiger partial charge >= 0.3 is 5.97 Å². The zero-order valence-electron chi connectivity index (χ0n) is 19.8. The van der Waals surface area contributed by atoms with Gasteiger partial charge in [-0.3, -0.25) is 14.5 Å². The molecule has 3 aromatic rings. The van der Waals surface area contributed by atoms with Gasteiger partial charge in [-0.15, -0.1) is 22.0 Å². The molecule has 5 rings (SSSR count). The number of hydrogen-bond donors (Lipinski definition) is 2. The van der Waals surface area contributed by atoms with E-state index in [2.05, 4.69) is 15.5 Å². The summed E-state index contributed by atoms with van der Waals surface area (Å²) in [6.07, 6.45) is 0. The second-order valence-electron chi connectivity index (χ2n) is 8.25. The predicted molar refractivity (Wildman–Crippen MR) is 149 cm³/mol. The lowest BCUT2D eigenvalue weighted by atomic mass is 10.0. The number of hydrogen-bond acceptors (Lipinski definition) is 10. The fraction of sp³-hybridized carbons (Fsp3) is 0.261. The normalized spacial score (nSPS) is 18.6. The quantitative estimate of drug-likeness (QED) is 0.238. The Bertz CT molecular complexity index is 1490. The third kappa shape index (κ3) is 5.88. The van der Waals surface area contributed by atoms with Gasteiger partial charge in [0.2, 0.25) is 0 Å². The molecule has 1 aromatic carbocycles. The molecule has 10 nitrogen and oxygen atoms in total. The summed E-state index contributed by atoms with van der Waals surface area (Å²) in [6.45, 7) is 1.77. The van der Waals surface area contributed by atoms with Gasteiger partial charge in [0, 0.05) is 16.5 Å². The number of aliphatic carboxylic acids is 1. The minimum absolute atomic E-state index is 0.0348. The number of ether oxygens (including phenoxy) is 1. The van der Waals surface area contributed by atoms with Crippen molar-refractivity contribution in [3.63, 3.8) is 0 Å². The van der Waals surface area contributed by atoms with Crippen molar-refractivity contribution in [3.05, 3.63) is 67.1 Å². The molecule has 2 unspecified atom stereocenters. The Labute approximate surface area is 249 Å². The number of nitrogens with zero attached hydrogens (tertiary/aromatic N) is 3. The van der Waals surface area contributed by atoms with Gasteiger partial charge in [0.25, 0.3) is 11.8 Å². The molecule has 0 aliphatic carbocycles. The molecule has 2 aromatic heterocycles. The fourth-order valence-corrected chi connectivity index (χ4v) is 8.11. The summed E-state index contributed by atoms with van der Waals surface area (Å²) in [7, 11) is 0. The molecule has 1 fully saturated rings. The van der Waals surface area contributed by atoms with Crippen molar-refractivity contribution in [2.75, 3.05) is 11.5 Å². The Morgan fingerprint density at radius 1 is 1.26 bits per heavy atom. The number of carboxylic acids is 1. The van der Waals surface area contributed by atoms with Crippen LogP contribution < -0.4 is 10.1 Å². The van der Waals surface area contributed by atoms with Crippen LogP contribution in [0.25, 0.3) is 0 Å². The summed E-state index contributed by atoms with van der Waals surface area (Å²) >= 11 is 22.3. The zero-order valence-corrected chi connectivity index (χ0v) is 24.5. The highest BCUT2D eigenvalue weighted by atomic mass is 35.5. The third-order valence-electron chi connectivity index (χ3n) is 5.62. The molecule has 1 saturated heterocycles. The molecule has 0 radical (unpaired) electrons. The van der Waals surface area contributed by atoms with Crippen LogP contribution in [-0.4, -0.2) is 60.9 Å². The number of nitrogens with one attached hydrogen (secondary N) is 1.